The number of nitrogens with zero attached hydrogens (tertiary/aromatic N) is 3. The minimum absolute atomic E-state index is 0.230. The Morgan fingerprint density at radius 3 is 2.61 bits per heavy atom. The minimum atomic E-state index is -1.23. The van der Waals surface area contributed by atoms with Crippen LogP contribution in [0.2, 0.25) is 0 Å². The lowest BCUT2D eigenvalue weighted by Crippen LogP contribution is -2.27. The number of ether oxygens (including phenoxy) is 1. The van der Waals surface area contributed by atoms with Gasteiger partial charge in [-0.3, -0.25) is 14.9 Å². The van der Waals surface area contributed by atoms with E-state index in [1.807, 2.05) is 12.1 Å². The zero-order valence-electron chi connectivity index (χ0n) is 14.8. The van der Waals surface area contributed by atoms with Gasteiger partial charge < -0.3 is 4.74 Å². The number of fused-ring (bicyclic) bond motifs is 1. The zero-order valence-corrected chi connectivity index (χ0v) is 15.6. The third kappa shape index (κ3) is 3.98. The standard InChI is InChI=1S/C20H14N4O3S/c1-27-14-6-7-16-17(10-14)28-20(23-16)24-19(26)18(25)15(11-22)13-4-2-12(3-5-13)8-9-21/h2-7,10,15H,8H2,1H3,(H,23,24,26)/t15-/m1/s1. The van der Waals surface area contributed by atoms with Gasteiger partial charge in [0.05, 0.1) is 35.9 Å². The van der Waals surface area contributed by atoms with Crippen LogP contribution < -0.4 is 10.1 Å². The number of rotatable bonds is 6. The molecule has 1 atom stereocenters. The topological polar surface area (TPSA) is 116 Å². The van der Waals surface area contributed by atoms with Crippen molar-refractivity contribution in [1.82, 2.24) is 4.98 Å². The van der Waals surface area contributed by atoms with E-state index in [0.717, 1.165) is 10.3 Å². The van der Waals surface area contributed by atoms with Crippen LogP contribution in [0.1, 0.15) is 17.0 Å². The van der Waals surface area contributed by atoms with E-state index in [1.54, 1.807) is 49.6 Å². The number of thiazole rings is 1. The molecule has 1 heterocycles. The summed E-state index contributed by atoms with van der Waals surface area (Å²) in [6.07, 6.45) is 0.230. The number of carbonyl (C=O) groups is 2. The van der Waals surface area contributed by atoms with Gasteiger partial charge in [-0.25, -0.2) is 4.98 Å². The molecule has 0 saturated heterocycles. The Kier molecular flexibility index (Phi) is 5.64. The van der Waals surface area contributed by atoms with Crippen LogP contribution in [0.3, 0.4) is 0 Å². The van der Waals surface area contributed by atoms with E-state index in [0.29, 0.717) is 16.8 Å². The van der Waals surface area contributed by atoms with Gasteiger partial charge in [-0.1, -0.05) is 35.6 Å². The van der Waals surface area contributed by atoms with Crippen molar-refractivity contribution in [3.05, 3.63) is 53.6 Å². The van der Waals surface area contributed by atoms with Crippen LogP contribution in [0, 0.1) is 22.7 Å². The van der Waals surface area contributed by atoms with E-state index in [2.05, 4.69) is 10.3 Å². The summed E-state index contributed by atoms with van der Waals surface area (Å²) >= 11 is 1.21. The van der Waals surface area contributed by atoms with Crippen LogP contribution in [0.15, 0.2) is 42.5 Å². The SMILES string of the molecule is COc1ccc2nc(NC(=O)C(=O)[C@H](C#N)c3ccc(CC#N)cc3)sc2c1. The van der Waals surface area contributed by atoms with Crippen molar-refractivity contribution in [2.45, 2.75) is 12.3 Å². The molecule has 8 heteroatoms. The fraction of sp³-hybridized carbons (Fsp3) is 0.150. The number of hydrogen-bond donors (Lipinski definition) is 1. The smallest absolute Gasteiger partial charge is 0.295 e. The van der Waals surface area contributed by atoms with Crippen molar-refractivity contribution < 1.29 is 14.3 Å². The Morgan fingerprint density at radius 2 is 1.96 bits per heavy atom. The first kappa shape index (κ1) is 19.0. The second kappa shape index (κ2) is 8.30. The summed E-state index contributed by atoms with van der Waals surface area (Å²) in [7, 11) is 1.55. The highest BCUT2D eigenvalue weighted by Crippen LogP contribution is 2.29. The number of Topliss-reactive ketones (excluding diaryl/α,β-unsaturated/α-hetero) is 1. The number of ketones is 1. The monoisotopic (exact) mass is 390 g/mol. The van der Waals surface area contributed by atoms with Crippen molar-refractivity contribution in [1.29, 1.82) is 10.5 Å². The Bertz CT molecular complexity index is 1120. The van der Waals surface area contributed by atoms with Crippen molar-refractivity contribution in [3.63, 3.8) is 0 Å². The van der Waals surface area contributed by atoms with Gasteiger partial charge in [0.15, 0.2) is 5.13 Å². The lowest BCUT2D eigenvalue weighted by Gasteiger charge is -2.08. The van der Waals surface area contributed by atoms with Crippen molar-refractivity contribution in [2.24, 2.45) is 0 Å². The molecule has 1 amide bonds. The first-order chi connectivity index (χ1) is 13.5. The number of aromatic nitrogens is 1. The van der Waals surface area contributed by atoms with Crippen molar-refractivity contribution in [3.8, 4) is 17.9 Å². The third-order valence-electron chi connectivity index (χ3n) is 4.03. The number of anilines is 1. The van der Waals surface area contributed by atoms with Gasteiger partial charge in [0.2, 0.25) is 5.78 Å². The summed E-state index contributed by atoms with van der Waals surface area (Å²) in [4.78, 5) is 29.1. The fourth-order valence-electron chi connectivity index (χ4n) is 2.58. The Morgan fingerprint density at radius 1 is 1.21 bits per heavy atom. The normalized spacial score (nSPS) is 11.2. The number of amides is 1. The molecule has 1 N–H and O–H groups in total. The molecule has 0 spiro atoms. The van der Waals surface area contributed by atoms with E-state index in [1.165, 1.54) is 11.3 Å². The van der Waals surface area contributed by atoms with Crippen molar-refractivity contribution in [2.75, 3.05) is 12.4 Å². The largest absolute Gasteiger partial charge is 0.497 e. The van der Waals surface area contributed by atoms with E-state index >= 15 is 0 Å². The molecular formula is C20H14N4O3S. The maximum Gasteiger partial charge on any atom is 0.295 e. The zero-order chi connectivity index (χ0) is 20.1. The van der Waals surface area contributed by atoms with Crippen LogP contribution in [-0.2, 0) is 16.0 Å². The van der Waals surface area contributed by atoms with Crippen LogP contribution >= 0.6 is 11.3 Å². The summed E-state index contributed by atoms with van der Waals surface area (Å²) in [5, 5.41) is 20.8. The van der Waals surface area contributed by atoms with E-state index in [9.17, 15) is 14.9 Å². The van der Waals surface area contributed by atoms with Gasteiger partial charge in [-0.2, -0.15) is 10.5 Å². The third-order valence-corrected chi connectivity index (χ3v) is 4.96. The molecule has 0 unspecified atom stereocenters. The fourth-order valence-corrected chi connectivity index (χ4v) is 3.47. The number of benzene rings is 2. The molecule has 1 aromatic heterocycles. The highest BCUT2D eigenvalue weighted by Gasteiger charge is 2.27. The van der Waals surface area contributed by atoms with Crippen molar-refractivity contribution >= 4 is 38.4 Å². The second-order valence-electron chi connectivity index (χ2n) is 5.81. The van der Waals surface area contributed by atoms with Crippen LogP contribution in [-0.4, -0.2) is 23.8 Å². The maximum absolute atomic E-state index is 12.5. The molecule has 3 rings (SSSR count). The second-order valence-corrected chi connectivity index (χ2v) is 6.84. The highest BCUT2D eigenvalue weighted by molar-refractivity contribution is 7.22. The lowest BCUT2D eigenvalue weighted by atomic mass is 9.94. The van der Waals surface area contributed by atoms with E-state index < -0.39 is 17.6 Å². The van der Waals surface area contributed by atoms with Gasteiger partial charge in [-0.15, -0.1) is 0 Å². The van der Waals surface area contributed by atoms with E-state index in [4.69, 9.17) is 10.00 Å². The number of carbonyl (C=O) groups excluding carboxylic acids is 2. The Labute approximate surface area is 164 Å². The summed E-state index contributed by atoms with van der Waals surface area (Å²) in [5.41, 5.74) is 1.83. The lowest BCUT2D eigenvalue weighted by molar-refractivity contribution is -0.135. The highest BCUT2D eigenvalue weighted by atomic mass is 32.1. The quantitative estimate of drug-likeness (QED) is 0.646. The van der Waals surface area contributed by atoms with Crippen LogP contribution in [0.25, 0.3) is 10.2 Å². The molecule has 2 aromatic carbocycles. The van der Waals surface area contributed by atoms with Crippen LogP contribution in [0.4, 0.5) is 5.13 Å². The predicted molar refractivity (Wildman–Crippen MR) is 104 cm³/mol. The number of hydrogen-bond acceptors (Lipinski definition) is 7. The van der Waals surface area contributed by atoms with Gasteiger partial charge in [0, 0.05) is 0 Å². The van der Waals surface area contributed by atoms with Crippen LogP contribution in [0.5, 0.6) is 5.75 Å². The molecular weight excluding hydrogens is 376 g/mol. The molecule has 0 saturated carbocycles. The molecule has 0 fully saturated rings. The summed E-state index contributed by atoms with van der Waals surface area (Å²) in [6, 6.07) is 15.7. The average molecular weight is 390 g/mol. The number of nitrogens with one attached hydrogen (secondary N) is 1. The van der Waals surface area contributed by atoms with Gasteiger partial charge in [0.25, 0.3) is 5.91 Å². The molecule has 138 valence electrons. The first-order valence-electron chi connectivity index (χ1n) is 8.21. The molecule has 3 aromatic rings. The van der Waals surface area contributed by atoms with Gasteiger partial charge in [0.1, 0.15) is 11.7 Å². The molecule has 0 aliphatic carbocycles. The molecule has 7 nitrogen and oxygen atoms in total. The van der Waals surface area contributed by atoms with E-state index in [-0.39, 0.29) is 11.6 Å². The number of nitriles is 2. The Balaban J connectivity index is 1.76. The predicted octanol–water partition coefficient (Wildman–Crippen LogP) is 3.19. The van der Waals surface area contributed by atoms with Gasteiger partial charge in [-0.05, 0) is 29.3 Å². The molecule has 0 bridgehead atoms. The Hall–Kier alpha value is -3.75. The molecule has 0 radical (unpaired) electrons. The summed E-state index contributed by atoms with van der Waals surface area (Å²) in [6.45, 7) is 0. The average Bonchev–Trinajstić information content (AvgIpc) is 3.11. The molecule has 0 aliphatic rings. The first-order valence-corrected chi connectivity index (χ1v) is 9.02. The number of methoxy groups -OCH3 is 1. The van der Waals surface area contributed by atoms with Gasteiger partial charge >= 0.3 is 0 Å². The minimum Gasteiger partial charge on any atom is -0.497 e. The summed E-state index contributed by atoms with van der Waals surface area (Å²) in [5.74, 6) is -2.34. The summed E-state index contributed by atoms with van der Waals surface area (Å²) < 4.78 is 5.95. The molecule has 28 heavy (non-hydrogen) atoms. The molecule has 0 aliphatic heterocycles. The maximum atomic E-state index is 12.5.